The summed E-state index contributed by atoms with van der Waals surface area (Å²) < 4.78 is 15.6. The first-order valence-electron chi connectivity index (χ1n) is 9.19. The van der Waals surface area contributed by atoms with Crippen LogP contribution in [-0.2, 0) is 4.74 Å². The lowest BCUT2D eigenvalue weighted by Crippen LogP contribution is -2.06. The van der Waals surface area contributed by atoms with Gasteiger partial charge in [-0.3, -0.25) is 0 Å². The Morgan fingerprint density at radius 3 is 2.33 bits per heavy atom. The fourth-order valence-electron chi connectivity index (χ4n) is 2.66. The van der Waals surface area contributed by atoms with Gasteiger partial charge in [-0.2, -0.15) is 0 Å². The van der Waals surface area contributed by atoms with E-state index in [0.717, 1.165) is 0 Å². The van der Waals surface area contributed by atoms with Gasteiger partial charge in [-0.15, -0.1) is 0 Å². The summed E-state index contributed by atoms with van der Waals surface area (Å²) in [6, 6.07) is 12.2. The average Bonchev–Trinajstić information content (AvgIpc) is 2.77. The largest absolute Gasteiger partial charge is 0.497 e. The molecule has 0 radical (unpaired) electrons. The van der Waals surface area contributed by atoms with E-state index < -0.39 is 0 Å². The van der Waals surface area contributed by atoms with Gasteiger partial charge in [-0.05, 0) is 43.3 Å². The van der Waals surface area contributed by atoms with Crippen molar-refractivity contribution in [3.05, 3.63) is 54.4 Å². The minimum atomic E-state index is -0.370. The van der Waals surface area contributed by atoms with Gasteiger partial charge < -0.3 is 30.6 Å². The van der Waals surface area contributed by atoms with Crippen LogP contribution in [0.25, 0.3) is 0 Å². The van der Waals surface area contributed by atoms with Crippen molar-refractivity contribution in [3.8, 4) is 11.5 Å². The maximum Gasteiger partial charge on any atom is 0.338 e. The quantitative estimate of drug-likeness (QED) is 0.478. The highest BCUT2D eigenvalue weighted by atomic mass is 16.5. The number of nitrogens with one attached hydrogen (secondary N) is 2. The van der Waals surface area contributed by atoms with Crippen LogP contribution in [0.5, 0.6) is 11.5 Å². The molecule has 0 fully saturated rings. The molecule has 0 saturated carbocycles. The normalized spacial score (nSPS) is 10.2. The number of hydrogen-bond donors (Lipinski definition) is 3. The molecule has 3 rings (SSSR count). The number of rotatable bonds is 8. The van der Waals surface area contributed by atoms with E-state index in [9.17, 15) is 4.79 Å². The highest BCUT2D eigenvalue weighted by Gasteiger charge is 2.12. The summed E-state index contributed by atoms with van der Waals surface area (Å²) in [7, 11) is 3.15. The van der Waals surface area contributed by atoms with Crippen molar-refractivity contribution in [1.29, 1.82) is 0 Å². The number of ether oxygens (including phenoxy) is 3. The Labute approximate surface area is 174 Å². The molecule has 1 heterocycles. The third kappa shape index (κ3) is 4.69. The van der Waals surface area contributed by atoms with Gasteiger partial charge >= 0.3 is 5.97 Å². The Balaban J connectivity index is 1.79. The predicted octanol–water partition coefficient (Wildman–Crippen LogP) is 3.74. The van der Waals surface area contributed by atoms with Crippen LogP contribution in [0, 0.1) is 0 Å². The first kappa shape index (κ1) is 20.7. The second-order valence-electron chi connectivity index (χ2n) is 6.10. The summed E-state index contributed by atoms with van der Waals surface area (Å²) in [6.45, 7) is 2.09. The van der Waals surface area contributed by atoms with E-state index >= 15 is 0 Å². The monoisotopic (exact) mass is 409 g/mol. The molecule has 1 aromatic heterocycles. The number of nitrogen functional groups attached to an aromatic ring is 1. The van der Waals surface area contributed by atoms with Crippen LogP contribution in [0.2, 0.25) is 0 Å². The van der Waals surface area contributed by atoms with Crippen molar-refractivity contribution < 1.29 is 19.0 Å². The zero-order chi connectivity index (χ0) is 21.5. The Kier molecular flexibility index (Phi) is 6.53. The van der Waals surface area contributed by atoms with Crippen molar-refractivity contribution in [1.82, 2.24) is 9.97 Å². The maximum atomic E-state index is 11.8. The van der Waals surface area contributed by atoms with Crippen molar-refractivity contribution in [2.24, 2.45) is 0 Å². The second-order valence-corrected chi connectivity index (χ2v) is 6.10. The summed E-state index contributed by atoms with van der Waals surface area (Å²) in [5.41, 5.74) is 8.43. The minimum absolute atomic E-state index is 0.324. The number of anilines is 5. The molecule has 9 nitrogen and oxygen atoms in total. The lowest BCUT2D eigenvalue weighted by Gasteiger charge is -2.15. The zero-order valence-electron chi connectivity index (χ0n) is 16.9. The molecule has 2 aromatic carbocycles. The second kappa shape index (κ2) is 9.46. The molecule has 0 bridgehead atoms. The topological polar surface area (TPSA) is 121 Å². The van der Waals surface area contributed by atoms with Gasteiger partial charge in [0.05, 0.1) is 32.1 Å². The first-order chi connectivity index (χ1) is 14.5. The lowest BCUT2D eigenvalue weighted by atomic mass is 10.2. The molecular formula is C21H23N5O4. The van der Waals surface area contributed by atoms with Gasteiger partial charge in [0.1, 0.15) is 23.5 Å². The SMILES string of the molecule is CCOC(=O)c1ccc(Nc2ncnc(Nc3ccc(OC)cc3OC)c2N)cc1. The lowest BCUT2D eigenvalue weighted by molar-refractivity contribution is 0.0526. The van der Waals surface area contributed by atoms with E-state index in [1.54, 1.807) is 63.6 Å². The number of carbonyl (C=O) groups excluding carboxylic acids is 1. The number of aromatic nitrogens is 2. The highest BCUT2D eigenvalue weighted by Crippen LogP contribution is 2.34. The van der Waals surface area contributed by atoms with Crippen LogP contribution in [0.4, 0.5) is 28.7 Å². The van der Waals surface area contributed by atoms with Crippen LogP contribution in [0.1, 0.15) is 17.3 Å². The van der Waals surface area contributed by atoms with Crippen LogP contribution in [0.3, 0.4) is 0 Å². The number of esters is 1. The number of carbonyl (C=O) groups is 1. The molecule has 0 spiro atoms. The molecule has 4 N–H and O–H groups in total. The first-order valence-corrected chi connectivity index (χ1v) is 9.19. The summed E-state index contributed by atoms with van der Waals surface area (Å²) in [5.74, 6) is 1.71. The summed E-state index contributed by atoms with van der Waals surface area (Å²) in [6.07, 6.45) is 1.39. The van der Waals surface area contributed by atoms with Gasteiger partial charge in [0.15, 0.2) is 11.6 Å². The van der Waals surface area contributed by atoms with E-state index in [0.29, 0.717) is 52.4 Å². The summed E-state index contributed by atoms with van der Waals surface area (Å²) in [5, 5.41) is 6.27. The molecule has 3 aromatic rings. The Morgan fingerprint density at radius 2 is 1.70 bits per heavy atom. The van der Waals surface area contributed by atoms with Crippen LogP contribution < -0.4 is 25.8 Å². The average molecular weight is 409 g/mol. The molecule has 0 unspecified atom stereocenters. The van der Waals surface area contributed by atoms with Crippen LogP contribution in [-0.4, -0.2) is 36.8 Å². The minimum Gasteiger partial charge on any atom is -0.497 e. The van der Waals surface area contributed by atoms with Gasteiger partial charge in [-0.1, -0.05) is 0 Å². The standard InChI is InChI=1S/C21H23N5O4/c1-4-30-21(27)13-5-7-14(8-6-13)25-19-18(22)20(24-12-23-19)26-16-10-9-15(28-2)11-17(16)29-3/h5-12H,4,22H2,1-3H3,(H2,23,24,25,26). The van der Waals surface area contributed by atoms with E-state index in [-0.39, 0.29) is 5.97 Å². The number of benzene rings is 2. The van der Waals surface area contributed by atoms with E-state index in [2.05, 4.69) is 20.6 Å². The van der Waals surface area contributed by atoms with Crippen molar-refractivity contribution in [3.63, 3.8) is 0 Å². The highest BCUT2D eigenvalue weighted by molar-refractivity contribution is 5.90. The molecule has 0 aliphatic rings. The number of nitrogens with zero attached hydrogens (tertiary/aromatic N) is 2. The number of hydrogen-bond acceptors (Lipinski definition) is 9. The number of methoxy groups -OCH3 is 2. The van der Waals surface area contributed by atoms with E-state index in [1.807, 2.05) is 0 Å². The Hall–Kier alpha value is -4.01. The van der Waals surface area contributed by atoms with Crippen molar-refractivity contribution >= 4 is 34.7 Å². The Bertz CT molecular complexity index is 1020. The maximum absolute atomic E-state index is 11.8. The summed E-state index contributed by atoms with van der Waals surface area (Å²) in [4.78, 5) is 20.2. The molecule has 156 valence electrons. The van der Waals surface area contributed by atoms with Gasteiger partial charge in [0.2, 0.25) is 0 Å². The van der Waals surface area contributed by atoms with Crippen molar-refractivity contribution in [2.45, 2.75) is 6.92 Å². The Morgan fingerprint density at radius 1 is 1.00 bits per heavy atom. The fraction of sp³-hybridized carbons (Fsp3) is 0.190. The van der Waals surface area contributed by atoms with E-state index in [4.69, 9.17) is 19.9 Å². The molecule has 0 amide bonds. The molecule has 0 aliphatic carbocycles. The zero-order valence-corrected chi connectivity index (χ0v) is 16.9. The molecule has 0 atom stereocenters. The summed E-state index contributed by atoms with van der Waals surface area (Å²) >= 11 is 0. The number of nitrogens with two attached hydrogens (primary N) is 1. The molecule has 0 saturated heterocycles. The molecule has 0 aliphatic heterocycles. The fourth-order valence-corrected chi connectivity index (χ4v) is 2.66. The smallest absolute Gasteiger partial charge is 0.338 e. The van der Waals surface area contributed by atoms with Crippen LogP contribution in [0.15, 0.2) is 48.8 Å². The molecule has 9 heteroatoms. The third-order valence-corrected chi connectivity index (χ3v) is 4.20. The third-order valence-electron chi connectivity index (χ3n) is 4.20. The predicted molar refractivity (Wildman–Crippen MR) is 115 cm³/mol. The molecule has 30 heavy (non-hydrogen) atoms. The van der Waals surface area contributed by atoms with E-state index in [1.165, 1.54) is 6.33 Å². The van der Waals surface area contributed by atoms with Crippen LogP contribution >= 0.6 is 0 Å². The van der Waals surface area contributed by atoms with Gasteiger partial charge in [0.25, 0.3) is 0 Å². The van der Waals surface area contributed by atoms with Gasteiger partial charge in [0, 0.05) is 11.8 Å². The van der Waals surface area contributed by atoms with Crippen molar-refractivity contribution in [2.75, 3.05) is 37.2 Å². The van der Waals surface area contributed by atoms with Gasteiger partial charge in [-0.25, -0.2) is 14.8 Å². The molecular weight excluding hydrogens is 386 g/mol.